The molecular weight excluding hydrogens is 502 g/mol. The minimum absolute atomic E-state index is 0.00565. The molecule has 9 heteroatoms. The van der Waals surface area contributed by atoms with Gasteiger partial charge in [0.2, 0.25) is 0 Å². The molecule has 0 spiro atoms. The van der Waals surface area contributed by atoms with E-state index >= 15 is 0 Å². The minimum atomic E-state index is -0.196. The van der Waals surface area contributed by atoms with E-state index in [1.807, 2.05) is 42.1 Å². The summed E-state index contributed by atoms with van der Waals surface area (Å²) in [4.78, 5) is 27.8. The van der Waals surface area contributed by atoms with Crippen LogP contribution in [0.2, 0.25) is 5.02 Å². The molecule has 1 aliphatic rings. The number of benzene rings is 2. The van der Waals surface area contributed by atoms with Crippen LogP contribution < -0.4 is 21.1 Å². The van der Waals surface area contributed by atoms with Crippen LogP contribution in [0.5, 0.6) is 5.75 Å². The van der Waals surface area contributed by atoms with Crippen LogP contribution in [-0.2, 0) is 7.05 Å². The van der Waals surface area contributed by atoms with Crippen molar-refractivity contribution in [2.45, 2.75) is 32.1 Å². The van der Waals surface area contributed by atoms with Crippen molar-refractivity contribution in [1.82, 2.24) is 20.1 Å². The number of nitrogens with two attached hydrogens (primary N) is 1. The van der Waals surface area contributed by atoms with Gasteiger partial charge in [0.15, 0.2) is 0 Å². The number of likely N-dealkylation sites (tertiary alicyclic amines) is 1. The predicted molar refractivity (Wildman–Crippen MR) is 153 cm³/mol. The molecule has 0 saturated carbocycles. The zero-order chi connectivity index (χ0) is 27.1. The number of ether oxygens (including phenoxy) is 1. The molecule has 0 radical (unpaired) electrons. The summed E-state index contributed by atoms with van der Waals surface area (Å²) in [6.45, 7) is 4.46. The number of fused-ring (bicyclic) bond motifs is 1. The summed E-state index contributed by atoms with van der Waals surface area (Å²) in [6, 6.07) is 11.1. The van der Waals surface area contributed by atoms with Crippen molar-refractivity contribution in [2.24, 2.45) is 13.0 Å². The van der Waals surface area contributed by atoms with Crippen molar-refractivity contribution in [2.75, 3.05) is 45.6 Å². The van der Waals surface area contributed by atoms with E-state index in [9.17, 15) is 9.59 Å². The Morgan fingerprint density at radius 2 is 1.79 bits per heavy atom. The molecule has 1 aromatic heterocycles. The Kier molecular flexibility index (Phi) is 9.53. The summed E-state index contributed by atoms with van der Waals surface area (Å²) in [6.07, 6.45) is 7.18. The van der Waals surface area contributed by atoms with Crippen LogP contribution >= 0.6 is 11.6 Å². The number of rotatable bonds is 11. The van der Waals surface area contributed by atoms with Gasteiger partial charge in [-0.25, -0.2) is 0 Å². The maximum Gasteiger partial charge on any atom is 0.255 e. The molecule has 0 bridgehead atoms. The van der Waals surface area contributed by atoms with Gasteiger partial charge < -0.3 is 30.6 Å². The van der Waals surface area contributed by atoms with E-state index in [0.29, 0.717) is 41.0 Å². The summed E-state index contributed by atoms with van der Waals surface area (Å²) in [5.41, 5.74) is 8.40. The summed E-state index contributed by atoms with van der Waals surface area (Å²) < 4.78 is 7.29. The molecule has 0 aliphatic carbocycles. The molecule has 4 rings (SSSR count). The Bertz CT molecular complexity index is 1270. The Morgan fingerprint density at radius 1 is 1.05 bits per heavy atom. The van der Waals surface area contributed by atoms with Gasteiger partial charge in [0.1, 0.15) is 5.75 Å². The predicted octanol–water partition coefficient (Wildman–Crippen LogP) is 4.46. The lowest BCUT2D eigenvalue weighted by Crippen LogP contribution is -2.39. The van der Waals surface area contributed by atoms with Crippen molar-refractivity contribution in [3.63, 3.8) is 0 Å². The molecular formula is C29H38ClN5O3. The lowest BCUT2D eigenvalue weighted by atomic mass is 9.96. The van der Waals surface area contributed by atoms with Gasteiger partial charge in [-0.1, -0.05) is 36.2 Å². The monoisotopic (exact) mass is 539 g/mol. The minimum Gasteiger partial charge on any atom is -0.496 e. The average Bonchev–Trinajstić information content (AvgIpc) is 3.27. The Hall–Kier alpha value is -3.23. The SMILES string of the molecule is COc1cc(N)c(Cl)cc1C(=O)NCC1CCN(CCCCCNC(=O)c2cn(C)c3ccccc23)CC1. The number of anilines is 1. The molecule has 2 amide bonds. The highest BCUT2D eigenvalue weighted by molar-refractivity contribution is 6.33. The van der Waals surface area contributed by atoms with Crippen molar-refractivity contribution in [3.05, 3.63) is 58.7 Å². The highest BCUT2D eigenvalue weighted by Crippen LogP contribution is 2.29. The summed E-state index contributed by atoms with van der Waals surface area (Å²) in [5, 5.41) is 7.44. The zero-order valence-corrected chi connectivity index (χ0v) is 23.0. The van der Waals surface area contributed by atoms with Crippen LogP contribution in [0.3, 0.4) is 0 Å². The quantitative estimate of drug-likeness (QED) is 0.246. The summed E-state index contributed by atoms with van der Waals surface area (Å²) in [5.74, 6) is 0.676. The number of nitrogens with one attached hydrogen (secondary N) is 2. The molecule has 0 unspecified atom stereocenters. The van der Waals surface area contributed by atoms with Gasteiger partial charge in [-0.05, 0) is 63.4 Å². The molecule has 2 heterocycles. The van der Waals surface area contributed by atoms with E-state index < -0.39 is 0 Å². The zero-order valence-electron chi connectivity index (χ0n) is 22.3. The number of halogens is 1. The van der Waals surface area contributed by atoms with E-state index in [-0.39, 0.29) is 11.8 Å². The fourth-order valence-corrected chi connectivity index (χ4v) is 5.28. The van der Waals surface area contributed by atoms with E-state index in [0.717, 1.165) is 68.2 Å². The highest BCUT2D eigenvalue weighted by atomic mass is 35.5. The van der Waals surface area contributed by atoms with E-state index in [4.69, 9.17) is 22.1 Å². The molecule has 3 aromatic rings. The first-order valence-corrected chi connectivity index (χ1v) is 13.7. The molecule has 1 saturated heterocycles. The van der Waals surface area contributed by atoms with E-state index in [1.54, 1.807) is 12.1 Å². The average molecular weight is 540 g/mol. The molecule has 1 aliphatic heterocycles. The number of amides is 2. The maximum atomic E-state index is 12.7. The molecule has 2 aromatic carbocycles. The molecule has 204 valence electrons. The number of aryl methyl sites for hydroxylation is 1. The van der Waals surface area contributed by atoms with E-state index in [2.05, 4.69) is 15.5 Å². The normalized spacial score (nSPS) is 14.5. The maximum absolute atomic E-state index is 12.7. The number of hydrogen-bond acceptors (Lipinski definition) is 5. The number of carbonyl (C=O) groups excluding carboxylic acids is 2. The fourth-order valence-electron chi connectivity index (χ4n) is 5.12. The van der Waals surface area contributed by atoms with Gasteiger partial charge in [0.25, 0.3) is 11.8 Å². The Balaban J connectivity index is 1.10. The van der Waals surface area contributed by atoms with Crippen molar-refractivity contribution < 1.29 is 14.3 Å². The van der Waals surface area contributed by atoms with Crippen molar-refractivity contribution in [1.29, 1.82) is 0 Å². The van der Waals surface area contributed by atoms with Gasteiger partial charge in [0.05, 0.1) is 28.9 Å². The summed E-state index contributed by atoms with van der Waals surface area (Å²) in [7, 11) is 3.48. The van der Waals surface area contributed by atoms with E-state index in [1.165, 1.54) is 7.11 Å². The van der Waals surface area contributed by atoms with Crippen molar-refractivity contribution in [3.8, 4) is 5.75 Å². The van der Waals surface area contributed by atoms with Gasteiger partial charge in [-0.15, -0.1) is 0 Å². The number of para-hydroxylation sites is 1. The van der Waals surface area contributed by atoms with Crippen molar-refractivity contribution >= 4 is 40.0 Å². The third-order valence-corrected chi connectivity index (χ3v) is 7.73. The third kappa shape index (κ3) is 6.79. The lowest BCUT2D eigenvalue weighted by molar-refractivity contribution is 0.0929. The first kappa shape index (κ1) is 27.8. The first-order valence-electron chi connectivity index (χ1n) is 13.3. The first-order chi connectivity index (χ1) is 18.4. The number of hydrogen-bond donors (Lipinski definition) is 3. The molecule has 4 N–H and O–H groups in total. The number of aromatic nitrogens is 1. The number of carbonyl (C=O) groups is 2. The van der Waals surface area contributed by atoms with Crippen LogP contribution in [-0.4, -0.2) is 61.1 Å². The van der Waals surface area contributed by atoms with Gasteiger partial charge in [-0.2, -0.15) is 0 Å². The second-order valence-electron chi connectivity index (χ2n) is 10.1. The number of unbranched alkanes of at least 4 members (excludes halogenated alkanes) is 2. The molecule has 1 fully saturated rings. The smallest absolute Gasteiger partial charge is 0.255 e. The van der Waals surface area contributed by atoms with Crippen LogP contribution in [0, 0.1) is 5.92 Å². The largest absolute Gasteiger partial charge is 0.496 e. The van der Waals surface area contributed by atoms with Gasteiger partial charge >= 0.3 is 0 Å². The molecule has 8 nitrogen and oxygen atoms in total. The number of nitrogen functional groups attached to an aromatic ring is 1. The number of methoxy groups -OCH3 is 1. The molecule has 0 atom stereocenters. The highest BCUT2D eigenvalue weighted by Gasteiger charge is 2.21. The second-order valence-corrected chi connectivity index (χ2v) is 10.5. The van der Waals surface area contributed by atoms with Crippen LogP contribution in [0.15, 0.2) is 42.6 Å². The number of piperidine rings is 1. The fraction of sp³-hybridized carbons (Fsp3) is 0.448. The third-order valence-electron chi connectivity index (χ3n) is 7.40. The topological polar surface area (TPSA) is 102 Å². The number of nitrogens with zero attached hydrogens (tertiary/aromatic N) is 2. The second kappa shape index (κ2) is 13.0. The Labute approximate surface area is 229 Å². The lowest BCUT2D eigenvalue weighted by Gasteiger charge is -2.32. The van der Waals surface area contributed by atoms with Gasteiger partial charge in [0, 0.05) is 43.3 Å². The van der Waals surface area contributed by atoms with Crippen LogP contribution in [0.4, 0.5) is 5.69 Å². The Morgan fingerprint density at radius 3 is 2.55 bits per heavy atom. The standard InChI is InChI=1S/C29H38ClN5O3/c1-34-19-23(21-8-4-5-9-26(21)34)29(37)32-12-6-3-7-13-35-14-10-20(11-15-35)18-33-28(36)22-16-24(30)25(31)17-27(22)38-2/h4-5,8-9,16-17,19-20H,3,6-7,10-15,18,31H2,1-2H3,(H,32,37)(H,33,36). The molecule has 38 heavy (non-hydrogen) atoms. The van der Waals surface area contributed by atoms with Crippen LogP contribution in [0.1, 0.15) is 52.8 Å². The van der Waals surface area contributed by atoms with Crippen LogP contribution in [0.25, 0.3) is 10.9 Å². The summed E-state index contributed by atoms with van der Waals surface area (Å²) >= 11 is 6.10. The van der Waals surface area contributed by atoms with Gasteiger partial charge in [-0.3, -0.25) is 9.59 Å².